The standard InChI is InChI=1S/C12H20N2S2/c1-3-13-12(10-4-5-15-7-10)6-11-8-16-9(2)14-11/h8,10,12-13H,3-7H2,1-2H3. The molecule has 2 rings (SSSR count). The molecule has 1 aromatic heterocycles. The van der Waals surface area contributed by atoms with Crippen LogP contribution in [0.3, 0.4) is 0 Å². The number of aryl methyl sites for hydroxylation is 1. The van der Waals surface area contributed by atoms with Crippen LogP contribution >= 0.6 is 23.1 Å². The zero-order valence-electron chi connectivity index (χ0n) is 10.0. The number of nitrogens with one attached hydrogen (secondary N) is 1. The summed E-state index contributed by atoms with van der Waals surface area (Å²) in [4.78, 5) is 4.58. The van der Waals surface area contributed by atoms with Gasteiger partial charge in [0.1, 0.15) is 0 Å². The summed E-state index contributed by atoms with van der Waals surface area (Å²) < 4.78 is 0. The molecule has 1 aliphatic rings. The minimum atomic E-state index is 0.626. The van der Waals surface area contributed by atoms with Gasteiger partial charge < -0.3 is 5.32 Å². The summed E-state index contributed by atoms with van der Waals surface area (Å²) in [6.07, 6.45) is 2.47. The van der Waals surface area contributed by atoms with E-state index in [4.69, 9.17) is 0 Å². The summed E-state index contributed by atoms with van der Waals surface area (Å²) in [6, 6.07) is 0.626. The molecule has 1 aromatic rings. The molecule has 0 spiro atoms. The van der Waals surface area contributed by atoms with Crippen molar-refractivity contribution in [3.8, 4) is 0 Å². The fourth-order valence-corrected chi connectivity index (χ4v) is 4.23. The topological polar surface area (TPSA) is 24.9 Å². The lowest BCUT2D eigenvalue weighted by atomic mass is 9.95. The van der Waals surface area contributed by atoms with Crippen molar-refractivity contribution in [2.24, 2.45) is 5.92 Å². The van der Waals surface area contributed by atoms with E-state index in [0.717, 1.165) is 18.9 Å². The lowest BCUT2D eigenvalue weighted by Gasteiger charge is -2.22. The van der Waals surface area contributed by atoms with Gasteiger partial charge in [0.2, 0.25) is 0 Å². The molecule has 0 saturated carbocycles. The molecule has 90 valence electrons. The number of thiazole rings is 1. The van der Waals surface area contributed by atoms with E-state index >= 15 is 0 Å². The van der Waals surface area contributed by atoms with E-state index in [-0.39, 0.29) is 0 Å². The van der Waals surface area contributed by atoms with Crippen LogP contribution in [-0.4, -0.2) is 29.1 Å². The van der Waals surface area contributed by atoms with Crippen LogP contribution < -0.4 is 5.32 Å². The van der Waals surface area contributed by atoms with Gasteiger partial charge in [0.05, 0.1) is 10.7 Å². The molecule has 0 aromatic carbocycles. The average Bonchev–Trinajstić information content (AvgIpc) is 2.88. The zero-order valence-corrected chi connectivity index (χ0v) is 11.7. The van der Waals surface area contributed by atoms with E-state index in [0.29, 0.717) is 6.04 Å². The quantitative estimate of drug-likeness (QED) is 0.877. The van der Waals surface area contributed by atoms with Gasteiger partial charge in [-0.3, -0.25) is 0 Å². The molecule has 1 saturated heterocycles. The van der Waals surface area contributed by atoms with E-state index in [9.17, 15) is 0 Å². The summed E-state index contributed by atoms with van der Waals surface area (Å²) >= 11 is 3.86. The number of aromatic nitrogens is 1. The van der Waals surface area contributed by atoms with Crippen molar-refractivity contribution in [1.82, 2.24) is 10.3 Å². The molecular weight excluding hydrogens is 236 g/mol. The Morgan fingerprint density at radius 2 is 2.50 bits per heavy atom. The average molecular weight is 256 g/mol. The first-order valence-corrected chi connectivity index (χ1v) is 8.05. The zero-order chi connectivity index (χ0) is 11.4. The molecule has 1 aliphatic heterocycles. The molecule has 2 unspecified atom stereocenters. The molecule has 2 atom stereocenters. The Bertz CT molecular complexity index is 319. The normalized spacial score (nSPS) is 22.5. The van der Waals surface area contributed by atoms with Crippen molar-refractivity contribution in [3.05, 3.63) is 16.1 Å². The molecule has 16 heavy (non-hydrogen) atoms. The highest BCUT2D eigenvalue weighted by atomic mass is 32.2. The van der Waals surface area contributed by atoms with Gasteiger partial charge in [-0.15, -0.1) is 11.3 Å². The van der Waals surface area contributed by atoms with Crippen LogP contribution in [0.5, 0.6) is 0 Å². The third-order valence-corrected chi connectivity index (χ3v) is 5.11. The highest BCUT2D eigenvalue weighted by Gasteiger charge is 2.25. The Balaban J connectivity index is 1.96. The van der Waals surface area contributed by atoms with Crippen LogP contribution in [0, 0.1) is 12.8 Å². The first kappa shape index (κ1) is 12.4. The second kappa shape index (κ2) is 6.03. The predicted molar refractivity (Wildman–Crippen MR) is 73.5 cm³/mol. The summed E-state index contributed by atoms with van der Waals surface area (Å²) in [5, 5.41) is 7.03. The van der Waals surface area contributed by atoms with Crippen molar-refractivity contribution in [2.45, 2.75) is 32.7 Å². The maximum atomic E-state index is 4.58. The summed E-state index contributed by atoms with van der Waals surface area (Å²) in [7, 11) is 0. The van der Waals surface area contributed by atoms with E-state index in [1.807, 2.05) is 0 Å². The molecule has 1 N–H and O–H groups in total. The van der Waals surface area contributed by atoms with Crippen LogP contribution in [0.2, 0.25) is 0 Å². The Morgan fingerprint density at radius 1 is 1.62 bits per heavy atom. The van der Waals surface area contributed by atoms with E-state index in [1.54, 1.807) is 11.3 Å². The second-order valence-electron chi connectivity index (χ2n) is 4.35. The fraction of sp³-hybridized carbons (Fsp3) is 0.750. The third kappa shape index (κ3) is 3.22. The van der Waals surface area contributed by atoms with E-state index in [2.05, 4.69) is 41.3 Å². The Kier molecular flexibility index (Phi) is 4.67. The van der Waals surface area contributed by atoms with Gasteiger partial charge in [-0.2, -0.15) is 11.8 Å². The second-order valence-corrected chi connectivity index (χ2v) is 6.56. The summed E-state index contributed by atoms with van der Waals surface area (Å²) in [5.74, 6) is 3.50. The minimum absolute atomic E-state index is 0.626. The Hall–Kier alpha value is -0.0600. The smallest absolute Gasteiger partial charge is 0.0897 e. The van der Waals surface area contributed by atoms with Crippen molar-refractivity contribution < 1.29 is 0 Å². The first-order valence-electron chi connectivity index (χ1n) is 6.01. The van der Waals surface area contributed by atoms with Gasteiger partial charge in [0, 0.05) is 17.8 Å². The van der Waals surface area contributed by atoms with Gasteiger partial charge in [-0.05, 0) is 37.3 Å². The van der Waals surface area contributed by atoms with Gasteiger partial charge in [-0.1, -0.05) is 6.92 Å². The molecule has 2 nitrogen and oxygen atoms in total. The lowest BCUT2D eigenvalue weighted by Crippen LogP contribution is -2.38. The molecule has 4 heteroatoms. The predicted octanol–water partition coefficient (Wildman–Crippen LogP) is 2.73. The van der Waals surface area contributed by atoms with Gasteiger partial charge >= 0.3 is 0 Å². The van der Waals surface area contributed by atoms with Gasteiger partial charge in [-0.25, -0.2) is 4.98 Å². The van der Waals surface area contributed by atoms with E-state index < -0.39 is 0 Å². The first-order chi connectivity index (χ1) is 7.79. The van der Waals surface area contributed by atoms with Gasteiger partial charge in [0.25, 0.3) is 0 Å². The van der Waals surface area contributed by atoms with Gasteiger partial charge in [0.15, 0.2) is 0 Å². The summed E-state index contributed by atoms with van der Waals surface area (Å²) in [6.45, 7) is 5.35. The summed E-state index contributed by atoms with van der Waals surface area (Å²) in [5.41, 5.74) is 1.27. The molecular formula is C12H20N2S2. The highest BCUT2D eigenvalue weighted by molar-refractivity contribution is 7.99. The van der Waals surface area contributed by atoms with E-state index in [1.165, 1.54) is 28.6 Å². The largest absolute Gasteiger partial charge is 0.314 e. The van der Waals surface area contributed by atoms with Crippen LogP contribution in [-0.2, 0) is 6.42 Å². The number of rotatable bonds is 5. The van der Waals surface area contributed by atoms with Crippen LogP contribution in [0.1, 0.15) is 24.0 Å². The number of hydrogen-bond donors (Lipinski definition) is 1. The maximum absolute atomic E-state index is 4.58. The van der Waals surface area contributed by atoms with Crippen LogP contribution in [0.4, 0.5) is 0 Å². The monoisotopic (exact) mass is 256 g/mol. The minimum Gasteiger partial charge on any atom is -0.314 e. The van der Waals surface area contributed by atoms with Crippen molar-refractivity contribution in [2.75, 3.05) is 18.1 Å². The molecule has 2 heterocycles. The maximum Gasteiger partial charge on any atom is 0.0897 e. The van der Waals surface area contributed by atoms with Crippen molar-refractivity contribution in [3.63, 3.8) is 0 Å². The number of hydrogen-bond acceptors (Lipinski definition) is 4. The number of thioether (sulfide) groups is 1. The number of nitrogens with zero attached hydrogens (tertiary/aromatic N) is 1. The highest BCUT2D eigenvalue weighted by Crippen LogP contribution is 2.28. The SMILES string of the molecule is CCNC(Cc1csc(C)n1)C1CCSC1. The van der Waals surface area contributed by atoms with Crippen LogP contribution in [0.25, 0.3) is 0 Å². The number of likely N-dealkylation sites (N-methyl/N-ethyl adjacent to an activating group) is 1. The Labute approximate surface area is 106 Å². The molecule has 0 bridgehead atoms. The molecule has 0 amide bonds. The Morgan fingerprint density at radius 3 is 3.06 bits per heavy atom. The van der Waals surface area contributed by atoms with Crippen molar-refractivity contribution in [1.29, 1.82) is 0 Å². The third-order valence-electron chi connectivity index (χ3n) is 3.10. The molecule has 0 radical (unpaired) electrons. The molecule has 1 fully saturated rings. The van der Waals surface area contributed by atoms with Crippen molar-refractivity contribution >= 4 is 23.1 Å². The fourth-order valence-electron chi connectivity index (χ4n) is 2.27. The lowest BCUT2D eigenvalue weighted by molar-refractivity contribution is 0.385. The van der Waals surface area contributed by atoms with Crippen LogP contribution in [0.15, 0.2) is 5.38 Å². The molecule has 0 aliphatic carbocycles.